The lowest BCUT2D eigenvalue weighted by molar-refractivity contribution is -0.113. The van der Waals surface area contributed by atoms with Crippen LogP contribution in [-0.4, -0.2) is 5.24 Å². The number of rotatable bonds is 3. The first-order valence-electron chi connectivity index (χ1n) is 5.66. The highest BCUT2D eigenvalue weighted by Crippen LogP contribution is 2.60. The SMILES string of the molecule is CC1(C)[C@@H](/C=C(/Cl)c2ccc(Cl)cc2)[C@@H]1C(=O)Cl. The maximum Gasteiger partial charge on any atom is 0.225 e. The molecule has 2 rings (SSSR count). The summed E-state index contributed by atoms with van der Waals surface area (Å²) in [6.45, 7) is 4.04. The van der Waals surface area contributed by atoms with Crippen LogP contribution in [0.2, 0.25) is 5.02 Å². The number of carbonyl (C=O) groups is 1. The van der Waals surface area contributed by atoms with Gasteiger partial charge in [0.2, 0.25) is 5.24 Å². The Morgan fingerprint density at radius 2 is 1.78 bits per heavy atom. The van der Waals surface area contributed by atoms with E-state index < -0.39 is 0 Å². The summed E-state index contributed by atoms with van der Waals surface area (Å²) in [7, 11) is 0. The second kappa shape index (κ2) is 4.88. The molecule has 1 aromatic rings. The third-order valence-electron chi connectivity index (χ3n) is 3.60. The molecule has 0 saturated heterocycles. The highest BCUT2D eigenvalue weighted by Gasteiger charge is 2.60. The summed E-state index contributed by atoms with van der Waals surface area (Å²) in [6, 6.07) is 7.28. The molecule has 1 aliphatic carbocycles. The highest BCUT2D eigenvalue weighted by atomic mass is 35.5. The quantitative estimate of drug-likeness (QED) is 0.721. The zero-order valence-electron chi connectivity index (χ0n) is 10.1. The Morgan fingerprint density at radius 1 is 1.22 bits per heavy atom. The van der Waals surface area contributed by atoms with E-state index in [1.165, 1.54) is 0 Å². The van der Waals surface area contributed by atoms with Gasteiger partial charge in [0.25, 0.3) is 0 Å². The molecule has 0 unspecified atom stereocenters. The van der Waals surface area contributed by atoms with E-state index in [9.17, 15) is 4.79 Å². The summed E-state index contributed by atoms with van der Waals surface area (Å²) in [5.74, 6) is -0.0362. The van der Waals surface area contributed by atoms with Crippen LogP contribution in [0.25, 0.3) is 5.03 Å². The molecule has 1 aromatic carbocycles. The Bertz CT molecular complexity index is 502. The van der Waals surface area contributed by atoms with Crippen LogP contribution in [0.4, 0.5) is 0 Å². The number of allylic oxidation sites excluding steroid dienone is 1. The number of carbonyl (C=O) groups excluding carboxylic acids is 1. The topological polar surface area (TPSA) is 17.1 Å². The summed E-state index contributed by atoms with van der Waals surface area (Å²) < 4.78 is 0. The molecule has 1 saturated carbocycles. The van der Waals surface area contributed by atoms with Gasteiger partial charge in [-0.25, -0.2) is 0 Å². The maximum absolute atomic E-state index is 11.3. The summed E-state index contributed by atoms with van der Waals surface area (Å²) in [6.07, 6.45) is 1.91. The molecular weight excluding hydrogens is 291 g/mol. The first-order chi connectivity index (χ1) is 8.34. The first-order valence-corrected chi connectivity index (χ1v) is 6.80. The Morgan fingerprint density at radius 3 is 2.22 bits per heavy atom. The molecule has 0 spiro atoms. The van der Waals surface area contributed by atoms with Crippen molar-refractivity contribution in [1.82, 2.24) is 0 Å². The molecule has 0 bridgehead atoms. The van der Waals surface area contributed by atoms with Gasteiger partial charge in [-0.3, -0.25) is 4.79 Å². The Hall–Kier alpha value is -0.500. The zero-order valence-corrected chi connectivity index (χ0v) is 12.4. The van der Waals surface area contributed by atoms with Crippen molar-refractivity contribution in [3.63, 3.8) is 0 Å². The molecule has 2 atom stereocenters. The van der Waals surface area contributed by atoms with Crippen molar-refractivity contribution in [1.29, 1.82) is 0 Å². The minimum atomic E-state index is -0.290. The molecule has 96 valence electrons. The molecule has 0 aromatic heterocycles. The third kappa shape index (κ3) is 2.59. The molecule has 4 heteroatoms. The van der Waals surface area contributed by atoms with Gasteiger partial charge in [-0.05, 0) is 40.6 Å². The lowest BCUT2D eigenvalue weighted by Gasteiger charge is -2.01. The second-order valence-electron chi connectivity index (χ2n) is 5.15. The monoisotopic (exact) mass is 302 g/mol. The highest BCUT2D eigenvalue weighted by molar-refractivity contribution is 6.64. The largest absolute Gasteiger partial charge is 0.281 e. The summed E-state index contributed by atoms with van der Waals surface area (Å²) in [5.41, 5.74) is 0.787. The van der Waals surface area contributed by atoms with Gasteiger partial charge in [0.05, 0.1) is 0 Å². The van der Waals surface area contributed by atoms with E-state index >= 15 is 0 Å². The molecular formula is C14H13Cl3O. The Kier molecular flexibility index (Phi) is 3.77. The van der Waals surface area contributed by atoms with Crippen LogP contribution in [0, 0.1) is 17.3 Å². The van der Waals surface area contributed by atoms with Crippen LogP contribution >= 0.6 is 34.8 Å². The van der Waals surface area contributed by atoms with Crippen LogP contribution in [0.3, 0.4) is 0 Å². The van der Waals surface area contributed by atoms with E-state index in [0.717, 1.165) is 5.56 Å². The van der Waals surface area contributed by atoms with Gasteiger partial charge in [-0.1, -0.05) is 55.3 Å². The minimum absolute atomic E-state index is 0.102. The van der Waals surface area contributed by atoms with Gasteiger partial charge in [-0.2, -0.15) is 0 Å². The van der Waals surface area contributed by atoms with Crippen molar-refractivity contribution in [2.45, 2.75) is 13.8 Å². The average molecular weight is 304 g/mol. The molecule has 0 heterocycles. The predicted octanol–water partition coefficient (Wildman–Crippen LogP) is 4.96. The molecule has 1 nitrogen and oxygen atoms in total. The van der Waals surface area contributed by atoms with Crippen molar-refractivity contribution < 1.29 is 4.79 Å². The maximum atomic E-state index is 11.3. The minimum Gasteiger partial charge on any atom is -0.281 e. The molecule has 1 fully saturated rings. The normalized spacial score (nSPS) is 25.9. The molecule has 0 radical (unpaired) electrons. The number of hydrogen-bond acceptors (Lipinski definition) is 1. The van der Waals surface area contributed by atoms with Crippen LogP contribution in [0.15, 0.2) is 30.3 Å². The van der Waals surface area contributed by atoms with Gasteiger partial charge < -0.3 is 0 Å². The van der Waals surface area contributed by atoms with Crippen molar-refractivity contribution >= 4 is 45.1 Å². The number of benzene rings is 1. The van der Waals surface area contributed by atoms with E-state index in [1.54, 1.807) is 12.1 Å². The molecule has 1 aliphatic rings. The molecule has 0 aliphatic heterocycles. The van der Waals surface area contributed by atoms with Crippen molar-refractivity contribution in [3.05, 3.63) is 40.9 Å². The van der Waals surface area contributed by atoms with Crippen LogP contribution in [0.5, 0.6) is 0 Å². The second-order valence-corrected chi connectivity index (χ2v) is 6.37. The van der Waals surface area contributed by atoms with Gasteiger partial charge >= 0.3 is 0 Å². The van der Waals surface area contributed by atoms with E-state index in [4.69, 9.17) is 34.8 Å². The van der Waals surface area contributed by atoms with Gasteiger partial charge in [0.15, 0.2) is 0 Å². The standard InChI is InChI=1S/C14H13Cl3O/c1-14(2)10(12(14)13(17)18)7-11(16)8-3-5-9(15)6-4-8/h3-7,10,12H,1-2H3/b11-7+/t10-,12+/m0/s1. The predicted molar refractivity (Wildman–Crippen MR) is 76.9 cm³/mol. The fraction of sp³-hybridized carbons (Fsp3) is 0.357. The Labute approximate surface area is 122 Å². The van der Waals surface area contributed by atoms with Gasteiger partial charge in [0, 0.05) is 16.0 Å². The van der Waals surface area contributed by atoms with Crippen molar-refractivity contribution in [3.8, 4) is 0 Å². The zero-order chi connectivity index (χ0) is 13.5. The molecule has 0 N–H and O–H groups in total. The Balaban J connectivity index is 2.20. The average Bonchev–Trinajstić information content (AvgIpc) is 2.81. The van der Waals surface area contributed by atoms with Crippen LogP contribution < -0.4 is 0 Å². The summed E-state index contributed by atoms with van der Waals surface area (Å²) >= 11 is 17.7. The lowest BCUT2D eigenvalue weighted by Crippen LogP contribution is -1.96. The summed E-state index contributed by atoms with van der Waals surface area (Å²) in [4.78, 5) is 11.3. The van der Waals surface area contributed by atoms with E-state index in [-0.39, 0.29) is 22.5 Å². The van der Waals surface area contributed by atoms with Crippen molar-refractivity contribution in [2.24, 2.45) is 17.3 Å². The molecule has 18 heavy (non-hydrogen) atoms. The fourth-order valence-corrected chi connectivity index (χ4v) is 3.09. The van der Waals surface area contributed by atoms with Crippen LogP contribution in [-0.2, 0) is 4.79 Å². The number of halogens is 3. The first kappa shape index (κ1) is 13.9. The lowest BCUT2D eigenvalue weighted by atomic mass is 10.1. The van der Waals surface area contributed by atoms with Gasteiger partial charge in [-0.15, -0.1) is 0 Å². The van der Waals surface area contributed by atoms with E-state index in [0.29, 0.717) is 10.1 Å². The molecule has 0 amide bonds. The van der Waals surface area contributed by atoms with Crippen LogP contribution in [0.1, 0.15) is 19.4 Å². The summed E-state index contributed by atoms with van der Waals surface area (Å²) in [5, 5.41) is 1.01. The third-order valence-corrected chi connectivity index (χ3v) is 4.43. The van der Waals surface area contributed by atoms with E-state index in [2.05, 4.69) is 0 Å². The van der Waals surface area contributed by atoms with Gasteiger partial charge in [0.1, 0.15) is 0 Å². The smallest absolute Gasteiger partial charge is 0.225 e. The number of hydrogen-bond donors (Lipinski definition) is 0. The van der Waals surface area contributed by atoms with Crippen molar-refractivity contribution in [2.75, 3.05) is 0 Å². The fourth-order valence-electron chi connectivity index (χ4n) is 2.29. The van der Waals surface area contributed by atoms with E-state index in [1.807, 2.05) is 32.1 Å².